The van der Waals surface area contributed by atoms with E-state index in [4.69, 9.17) is 11.6 Å². The predicted molar refractivity (Wildman–Crippen MR) is 93.3 cm³/mol. The number of rotatable bonds is 4. The molecule has 0 unspecified atom stereocenters. The molecular weight excluding hydrogens is 329 g/mol. The fourth-order valence-electron chi connectivity index (χ4n) is 2.35. The van der Waals surface area contributed by atoms with Crippen LogP contribution in [0, 0.1) is 5.82 Å². The van der Waals surface area contributed by atoms with Crippen LogP contribution < -0.4 is 10.9 Å². The molecule has 0 amide bonds. The summed E-state index contributed by atoms with van der Waals surface area (Å²) in [7, 11) is 0. The molecule has 2 aromatic carbocycles. The van der Waals surface area contributed by atoms with Crippen molar-refractivity contribution in [3.8, 4) is 5.69 Å². The maximum Gasteiger partial charge on any atom is 0.292 e. The molecule has 0 radical (unpaired) electrons. The Morgan fingerprint density at radius 3 is 2.46 bits per heavy atom. The van der Waals surface area contributed by atoms with Crippen LogP contribution in [0.4, 0.5) is 10.1 Å². The third-order valence-corrected chi connectivity index (χ3v) is 4.03. The second-order valence-electron chi connectivity index (χ2n) is 5.34. The second-order valence-corrected chi connectivity index (χ2v) is 5.72. The minimum atomic E-state index is -0.404. The topological polar surface area (TPSA) is 46.9 Å². The largest absolute Gasteiger partial charge is 0.376 e. The quantitative estimate of drug-likeness (QED) is 0.772. The van der Waals surface area contributed by atoms with Gasteiger partial charge in [0, 0.05) is 6.04 Å². The smallest absolute Gasteiger partial charge is 0.292 e. The number of hydrogen-bond donors (Lipinski definition) is 1. The fourth-order valence-corrected chi connectivity index (χ4v) is 2.54. The average molecular weight is 344 g/mol. The standard InChI is InChI=1S/C18H15ClFN3O/c1-12(13-7-9-14(20)10-8-13)22-16-11-21-23(18(24)17(16)19)15-5-3-2-4-6-15/h2-12,22H,1H3/t12-/m0/s1. The van der Waals surface area contributed by atoms with Crippen molar-refractivity contribution in [2.45, 2.75) is 13.0 Å². The summed E-state index contributed by atoms with van der Waals surface area (Å²) in [6.45, 7) is 1.90. The minimum absolute atomic E-state index is 0.0582. The van der Waals surface area contributed by atoms with Crippen molar-refractivity contribution in [2.75, 3.05) is 5.32 Å². The van der Waals surface area contributed by atoms with E-state index in [1.165, 1.54) is 23.0 Å². The van der Waals surface area contributed by atoms with E-state index in [1.54, 1.807) is 24.3 Å². The molecule has 1 atom stereocenters. The van der Waals surface area contributed by atoms with E-state index in [2.05, 4.69) is 10.4 Å². The molecule has 0 fully saturated rings. The monoisotopic (exact) mass is 343 g/mol. The molecule has 122 valence electrons. The lowest BCUT2D eigenvalue weighted by atomic mass is 10.1. The Balaban J connectivity index is 1.89. The molecular formula is C18H15ClFN3O. The van der Waals surface area contributed by atoms with Crippen LogP contribution in [0.1, 0.15) is 18.5 Å². The Morgan fingerprint density at radius 2 is 1.79 bits per heavy atom. The molecule has 1 N–H and O–H groups in total. The number of para-hydroxylation sites is 1. The van der Waals surface area contributed by atoms with Gasteiger partial charge in [-0.2, -0.15) is 9.78 Å². The highest BCUT2D eigenvalue weighted by molar-refractivity contribution is 6.32. The van der Waals surface area contributed by atoms with Crippen LogP contribution in [0.3, 0.4) is 0 Å². The van der Waals surface area contributed by atoms with Crippen molar-refractivity contribution in [1.82, 2.24) is 9.78 Å². The highest BCUT2D eigenvalue weighted by Crippen LogP contribution is 2.23. The zero-order valence-electron chi connectivity index (χ0n) is 12.9. The molecule has 24 heavy (non-hydrogen) atoms. The van der Waals surface area contributed by atoms with Crippen molar-refractivity contribution in [2.24, 2.45) is 0 Å². The molecule has 1 aromatic heterocycles. The summed E-state index contributed by atoms with van der Waals surface area (Å²) in [6.07, 6.45) is 1.51. The van der Waals surface area contributed by atoms with E-state index in [-0.39, 0.29) is 16.9 Å². The van der Waals surface area contributed by atoms with E-state index in [1.807, 2.05) is 25.1 Å². The van der Waals surface area contributed by atoms with Gasteiger partial charge >= 0.3 is 0 Å². The number of nitrogens with zero attached hydrogens (tertiary/aromatic N) is 2. The number of halogens is 2. The Bertz CT molecular complexity index is 894. The summed E-state index contributed by atoms with van der Waals surface area (Å²) in [6, 6.07) is 15.0. The first-order valence-corrected chi connectivity index (χ1v) is 7.79. The maximum absolute atomic E-state index is 13.0. The van der Waals surface area contributed by atoms with Gasteiger partial charge in [0.1, 0.15) is 10.8 Å². The van der Waals surface area contributed by atoms with E-state index >= 15 is 0 Å². The first-order chi connectivity index (χ1) is 11.6. The van der Waals surface area contributed by atoms with E-state index < -0.39 is 5.56 Å². The van der Waals surface area contributed by atoms with Crippen LogP contribution >= 0.6 is 11.6 Å². The summed E-state index contributed by atoms with van der Waals surface area (Å²) in [5.74, 6) is -0.295. The molecule has 0 aliphatic carbocycles. The van der Waals surface area contributed by atoms with Crippen molar-refractivity contribution in [3.63, 3.8) is 0 Å². The molecule has 0 saturated heterocycles. The Kier molecular flexibility index (Phi) is 4.62. The Labute approximate surface area is 143 Å². The molecule has 4 nitrogen and oxygen atoms in total. The van der Waals surface area contributed by atoms with Gasteiger partial charge in [-0.3, -0.25) is 4.79 Å². The fraction of sp³-hybridized carbons (Fsp3) is 0.111. The summed E-state index contributed by atoms with van der Waals surface area (Å²) >= 11 is 6.21. The van der Waals surface area contributed by atoms with E-state index in [0.717, 1.165) is 5.56 Å². The van der Waals surface area contributed by atoms with Crippen molar-refractivity contribution < 1.29 is 4.39 Å². The first-order valence-electron chi connectivity index (χ1n) is 7.41. The molecule has 0 saturated carbocycles. The van der Waals surface area contributed by atoms with Crippen molar-refractivity contribution in [1.29, 1.82) is 0 Å². The van der Waals surface area contributed by atoms with Crippen LogP contribution in [0.2, 0.25) is 5.02 Å². The van der Waals surface area contributed by atoms with Gasteiger partial charge in [-0.25, -0.2) is 4.39 Å². The van der Waals surface area contributed by atoms with Crippen molar-refractivity contribution in [3.05, 3.63) is 87.6 Å². The number of anilines is 1. The molecule has 0 bridgehead atoms. The van der Waals surface area contributed by atoms with Crippen LogP contribution in [0.15, 0.2) is 65.6 Å². The maximum atomic E-state index is 13.0. The van der Waals surface area contributed by atoms with Gasteiger partial charge in [0.15, 0.2) is 0 Å². The third-order valence-electron chi connectivity index (χ3n) is 3.66. The van der Waals surface area contributed by atoms with Gasteiger partial charge < -0.3 is 5.32 Å². The highest BCUT2D eigenvalue weighted by Gasteiger charge is 2.13. The van der Waals surface area contributed by atoms with E-state index in [9.17, 15) is 9.18 Å². The zero-order chi connectivity index (χ0) is 17.1. The Morgan fingerprint density at radius 1 is 1.12 bits per heavy atom. The van der Waals surface area contributed by atoms with Crippen molar-refractivity contribution >= 4 is 17.3 Å². The first kappa shape index (κ1) is 16.2. The van der Waals surface area contributed by atoms with Gasteiger partial charge in [0.05, 0.1) is 17.6 Å². The SMILES string of the molecule is C[C@H](Nc1cnn(-c2ccccc2)c(=O)c1Cl)c1ccc(F)cc1. The highest BCUT2D eigenvalue weighted by atomic mass is 35.5. The summed E-state index contributed by atoms with van der Waals surface area (Å²) in [5.41, 5.74) is 1.55. The van der Waals surface area contributed by atoms with Crippen LogP contribution in [-0.4, -0.2) is 9.78 Å². The number of hydrogen-bond acceptors (Lipinski definition) is 3. The number of benzene rings is 2. The van der Waals surface area contributed by atoms with Crippen LogP contribution in [0.25, 0.3) is 5.69 Å². The lowest BCUT2D eigenvalue weighted by Crippen LogP contribution is -2.23. The molecule has 0 aliphatic heterocycles. The normalized spacial score (nSPS) is 12.0. The average Bonchev–Trinajstić information content (AvgIpc) is 2.60. The van der Waals surface area contributed by atoms with Gasteiger partial charge in [-0.05, 0) is 36.8 Å². The lowest BCUT2D eigenvalue weighted by Gasteiger charge is -2.17. The van der Waals surface area contributed by atoms with Crippen LogP contribution in [0.5, 0.6) is 0 Å². The number of aromatic nitrogens is 2. The minimum Gasteiger partial charge on any atom is -0.376 e. The molecule has 1 heterocycles. The van der Waals surface area contributed by atoms with Gasteiger partial charge in [-0.15, -0.1) is 0 Å². The molecule has 0 spiro atoms. The van der Waals surface area contributed by atoms with Gasteiger partial charge in [-0.1, -0.05) is 41.9 Å². The summed E-state index contributed by atoms with van der Waals surface area (Å²) in [5, 5.41) is 7.36. The zero-order valence-corrected chi connectivity index (χ0v) is 13.7. The van der Waals surface area contributed by atoms with Gasteiger partial charge in [0.2, 0.25) is 0 Å². The predicted octanol–water partition coefficient (Wildman–Crippen LogP) is 4.20. The molecule has 3 rings (SSSR count). The third kappa shape index (κ3) is 3.31. The van der Waals surface area contributed by atoms with Crippen LogP contribution in [-0.2, 0) is 0 Å². The Hall–Kier alpha value is -2.66. The molecule has 6 heteroatoms. The second kappa shape index (κ2) is 6.84. The summed E-state index contributed by atoms with van der Waals surface area (Å²) < 4.78 is 14.3. The van der Waals surface area contributed by atoms with E-state index in [0.29, 0.717) is 11.4 Å². The lowest BCUT2D eigenvalue weighted by molar-refractivity contribution is 0.626. The number of nitrogens with one attached hydrogen (secondary N) is 1. The molecule has 3 aromatic rings. The summed E-state index contributed by atoms with van der Waals surface area (Å²) in [4.78, 5) is 12.4. The molecule has 0 aliphatic rings. The van der Waals surface area contributed by atoms with Gasteiger partial charge in [0.25, 0.3) is 5.56 Å².